The average Bonchev–Trinajstić information content (AvgIpc) is 2.37. The summed E-state index contributed by atoms with van der Waals surface area (Å²) in [4.78, 5) is 8.73. The molecule has 0 bridgehead atoms. The molecule has 0 amide bonds. The van der Waals surface area contributed by atoms with E-state index in [1.54, 1.807) is 0 Å². The zero-order chi connectivity index (χ0) is 13.9. The van der Waals surface area contributed by atoms with Gasteiger partial charge in [-0.15, -0.1) is 0 Å². The first kappa shape index (κ1) is 16.1. The van der Waals surface area contributed by atoms with Gasteiger partial charge in [-0.25, -0.2) is 9.97 Å². The van der Waals surface area contributed by atoms with E-state index in [1.165, 1.54) is 31.4 Å². The molecule has 0 spiro atoms. The Kier molecular flexibility index (Phi) is 8.38. The van der Waals surface area contributed by atoms with Gasteiger partial charge in [0.2, 0.25) is 0 Å². The van der Waals surface area contributed by atoms with Gasteiger partial charge in [-0.05, 0) is 38.7 Å². The fraction of sp³-hybridized carbons (Fsp3) is 0.714. The number of thioether (sulfide) groups is 1. The van der Waals surface area contributed by atoms with Crippen molar-refractivity contribution < 1.29 is 0 Å². The standard InChI is InChI=1S/C14H26N4S/c1-4-15-13-11-14(18-12(2)17-13)16-9-7-5-6-8-10-19-3/h11H,4-10H2,1-3H3,(H2,15,16,17,18). The number of aromatic nitrogens is 2. The van der Waals surface area contributed by atoms with Gasteiger partial charge in [0.05, 0.1) is 0 Å². The molecule has 0 aliphatic rings. The first-order chi connectivity index (χ1) is 9.26. The van der Waals surface area contributed by atoms with Crippen LogP contribution in [-0.4, -0.2) is 35.1 Å². The number of anilines is 2. The van der Waals surface area contributed by atoms with Gasteiger partial charge in [0.1, 0.15) is 17.5 Å². The van der Waals surface area contributed by atoms with Crippen molar-refractivity contribution in [1.82, 2.24) is 9.97 Å². The van der Waals surface area contributed by atoms with E-state index < -0.39 is 0 Å². The first-order valence-corrected chi connectivity index (χ1v) is 8.48. The Morgan fingerprint density at radius 2 is 1.74 bits per heavy atom. The SMILES string of the molecule is CCNc1cc(NCCCCCCSC)nc(C)n1. The number of nitrogens with zero attached hydrogens (tertiary/aromatic N) is 2. The van der Waals surface area contributed by atoms with Crippen LogP contribution in [0.3, 0.4) is 0 Å². The highest BCUT2D eigenvalue weighted by atomic mass is 32.2. The molecule has 1 rings (SSSR count). The van der Waals surface area contributed by atoms with Crippen LogP contribution < -0.4 is 10.6 Å². The maximum atomic E-state index is 4.40. The summed E-state index contributed by atoms with van der Waals surface area (Å²) in [7, 11) is 0. The van der Waals surface area contributed by atoms with Gasteiger partial charge in [-0.1, -0.05) is 12.8 Å². The summed E-state index contributed by atoms with van der Waals surface area (Å²) >= 11 is 1.93. The van der Waals surface area contributed by atoms with E-state index in [-0.39, 0.29) is 0 Å². The molecular formula is C14H26N4S. The van der Waals surface area contributed by atoms with Crippen LogP contribution in [0.25, 0.3) is 0 Å². The molecule has 1 aromatic rings. The number of hydrogen-bond acceptors (Lipinski definition) is 5. The number of nitrogens with one attached hydrogen (secondary N) is 2. The molecule has 0 aliphatic carbocycles. The summed E-state index contributed by atoms with van der Waals surface area (Å²) in [6.45, 7) is 5.86. The van der Waals surface area contributed by atoms with Gasteiger partial charge in [-0.2, -0.15) is 11.8 Å². The van der Waals surface area contributed by atoms with Crippen molar-refractivity contribution in [3.63, 3.8) is 0 Å². The van der Waals surface area contributed by atoms with E-state index in [9.17, 15) is 0 Å². The minimum absolute atomic E-state index is 0.806. The van der Waals surface area contributed by atoms with E-state index in [0.717, 1.165) is 30.5 Å². The summed E-state index contributed by atoms with van der Waals surface area (Å²) in [5.74, 6) is 3.91. The maximum absolute atomic E-state index is 4.40. The van der Waals surface area contributed by atoms with Crippen molar-refractivity contribution in [2.24, 2.45) is 0 Å². The number of unbranched alkanes of at least 4 members (excludes halogenated alkanes) is 3. The second-order valence-corrected chi connectivity index (χ2v) is 5.54. The number of rotatable bonds is 10. The third-order valence-electron chi connectivity index (χ3n) is 2.78. The molecule has 0 fully saturated rings. The monoisotopic (exact) mass is 282 g/mol. The molecular weight excluding hydrogens is 256 g/mol. The minimum atomic E-state index is 0.806. The van der Waals surface area contributed by atoms with E-state index in [2.05, 4.69) is 33.8 Å². The van der Waals surface area contributed by atoms with Gasteiger partial charge in [0, 0.05) is 19.2 Å². The van der Waals surface area contributed by atoms with Crippen LogP contribution in [0.1, 0.15) is 38.4 Å². The summed E-state index contributed by atoms with van der Waals surface area (Å²) < 4.78 is 0. The quantitative estimate of drug-likeness (QED) is 0.643. The van der Waals surface area contributed by atoms with Gasteiger partial charge in [0.15, 0.2) is 0 Å². The lowest BCUT2D eigenvalue weighted by atomic mass is 10.2. The Morgan fingerprint density at radius 3 is 2.42 bits per heavy atom. The first-order valence-electron chi connectivity index (χ1n) is 7.08. The topological polar surface area (TPSA) is 49.8 Å². The Balaban J connectivity index is 2.25. The zero-order valence-electron chi connectivity index (χ0n) is 12.3. The number of aryl methyl sites for hydroxylation is 1. The van der Waals surface area contributed by atoms with Crippen LogP contribution in [0.2, 0.25) is 0 Å². The van der Waals surface area contributed by atoms with Crippen molar-refractivity contribution >= 4 is 23.4 Å². The zero-order valence-corrected chi connectivity index (χ0v) is 13.1. The van der Waals surface area contributed by atoms with Crippen LogP contribution in [0.15, 0.2) is 6.07 Å². The van der Waals surface area contributed by atoms with E-state index in [1.807, 2.05) is 24.8 Å². The predicted octanol–water partition coefficient (Wildman–Crippen LogP) is 3.55. The molecule has 2 N–H and O–H groups in total. The van der Waals surface area contributed by atoms with Crippen molar-refractivity contribution in [2.75, 3.05) is 35.7 Å². The molecule has 0 saturated heterocycles. The van der Waals surface area contributed by atoms with Crippen LogP contribution in [0, 0.1) is 6.92 Å². The van der Waals surface area contributed by atoms with E-state index >= 15 is 0 Å². The van der Waals surface area contributed by atoms with Gasteiger partial charge in [-0.3, -0.25) is 0 Å². The fourth-order valence-corrected chi connectivity index (χ4v) is 2.36. The minimum Gasteiger partial charge on any atom is -0.370 e. The molecule has 0 atom stereocenters. The molecule has 0 aromatic carbocycles. The lowest BCUT2D eigenvalue weighted by Crippen LogP contribution is -2.07. The third-order valence-corrected chi connectivity index (χ3v) is 3.47. The summed E-state index contributed by atoms with van der Waals surface area (Å²) in [5.41, 5.74) is 0. The van der Waals surface area contributed by atoms with Crippen LogP contribution in [0.4, 0.5) is 11.6 Å². The summed E-state index contributed by atoms with van der Waals surface area (Å²) in [6, 6.07) is 1.98. The third kappa shape index (κ3) is 7.25. The second-order valence-electron chi connectivity index (χ2n) is 4.55. The maximum Gasteiger partial charge on any atom is 0.131 e. The van der Waals surface area contributed by atoms with Crippen molar-refractivity contribution in [3.8, 4) is 0 Å². The summed E-state index contributed by atoms with van der Waals surface area (Å²) in [6.07, 6.45) is 7.32. The lowest BCUT2D eigenvalue weighted by molar-refractivity contribution is 0.688. The normalized spacial score (nSPS) is 10.5. The van der Waals surface area contributed by atoms with Crippen LogP contribution in [0.5, 0.6) is 0 Å². The molecule has 0 saturated carbocycles. The van der Waals surface area contributed by atoms with Gasteiger partial charge < -0.3 is 10.6 Å². The smallest absolute Gasteiger partial charge is 0.131 e. The van der Waals surface area contributed by atoms with Crippen molar-refractivity contribution in [2.45, 2.75) is 39.5 Å². The fourth-order valence-electron chi connectivity index (χ4n) is 1.87. The second kappa shape index (κ2) is 9.89. The number of hydrogen-bond donors (Lipinski definition) is 2. The Morgan fingerprint density at radius 1 is 1.05 bits per heavy atom. The molecule has 1 heterocycles. The molecule has 0 radical (unpaired) electrons. The highest BCUT2D eigenvalue weighted by Crippen LogP contribution is 2.11. The molecule has 1 aromatic heterocycles. The van der Waals surface area contributed by atoms with E-state index in [4.69, 9.17) is 0 Å². The van der Waals surface area contributed by atoms with Crippen molar-refractivity contribution in [1.29, 1.82) is 0 Å². The largest absolute Gasteiger partial charge is 0.370 e. The highest BCUT2D eigenvalue weighted by molar-refractivity contribution is 7.98. The highest BCUT2D eigenvalue weighted by Gasteiger charge is 2.00. The molecule has 5 heteroatoms. The van der Waals surface area contributed by atoms with Gasteiger partial charge >= 0.3 is 0 Å². The molecule has 108 valence electrons. The van der Waals surface area contributed by atoms with Crippen LogP contribution >= 0.6 is 11.8 Å². The van der Waals surface area contributed by atoms with Crippen LogP contribution in [-0.2, 0) is 0 Å². The molecule has 0 unspecified atom stereocenters. The van der Waals surface area contributed by atoms with Gasteiger partial charge in [0.25, 0.3) is 0 Å². The molecule has 0 aliphatic heterocycles. The molecule has 19 heavy (non-hydrogen) atoms. The summed E-state index contributed by atoms with van der Waals surface area (Å²) in [5, 5.41) is 6.60. The van der Waals surface area contributed by atoms with E-state index in [0.29, 0.717) is 0 Å². The predicted molar refractivity (Wildman–Crippen MR) is 86.3 cm³/mol. The Bertz CT molecular complexity index is 357. The Hall–Kier alpha value is -0.970. The lowest BCUT2D eigenvalue weighted by Gasteiger charge is -2.09. The molecule has 4 nitrogen and oxygen atoms in total. The average molecular weight is 282 g/mol. The Labute approximate surface area is 121 Å². The van der Waals surface area contributed by atoms with Crippen molar-refractivity contribution in [3.05, 3.63) is 11.9 Å².